The van der Waals surface area contributed by atoms with E-state index in [1.54, 1.807) is 0 Å². The Morgan fingerprint density at radius 2 is 1.27 bits per heavy atom. The quantitative estimate of drug-likeness (QED) is 0.291. The molecule has 1 aliphatic rings. The summed E-state index contributed by atoms with van der Waals surface area (Å²) >= 11 is 1.87. The van der Waals surface area contributed by atoms with Crippen LogP contribution in [0.15, 0.2) is 97.1 Å². The van der Waals surface area contributed by atoms with E-state index < -0.39 is 0 Å². The van der Waals surface area contributed by atoms with Crippen molar-refractivity contribution in [1.82, 2.24) is 0 Å². The minimum absolute atomic E-state index is 1.18. The molecule has 0 radical (unpaired) electrons. The van der Waals surface area contributed by atoms with Gasteiger partial charge in [0.25, 0.3) is 0 Å². The van der Waals surface area contributed by atoms with Crippen molar-refractivity contribution in [2.45, 2.75) is 0 Å². The first-order valence-electron chi connectivity index (χ1n) is 10.2. The number of rotatable bonds is 1. The number of para-hydroxylation sites is 1. The second-order valence-electron chi connectivity index (χ2n) is 7.87. The van der Waals surface area contributed by atoms with Gasteiger partial charge in [-0.1, -0.05) is 66.7 Å². The Hall–Kier alpha value is -3.62. The number of hydrogen-bond acceptors (Lipinski definition) is 2. The maximum Gasteiger partial charge on any atom is 0.0470 e. The highest BCUT2D eigenvalue weighted by Gasteiger charge is 2.19. The van der Waals surface area contributed by atoms with Gasteiger partial charge in [0, 0.05) is 42.5 Å². The van der Waals surface area contributed by atoms with Gasteiger partial charge in [0.15, 0.2) is 0 Å². The molecule has 0 aliphatic carbocycles. The van der Waals surface area contributed by atoms with Crippen LogP contribution in [0.5, 0.6) is 0 Å². The molecule has 1 aromatic heterocycles. The van der Waals surface area contributed by atoms with Crippen LogP contribution in [-0.4, -0.2) is 0 Å². The smallest absolute Gasteiger partial charge is 0.0470 e. The van der Waals surface area contributed by atoms with E-state index in [1.807, 2.05) is 11.3 Å². The summed E-state index contributed by atoms with van der Waals surface area (Å²) in [6, 6.07) is 35.3. The van der Waals surface area contributed by atoms with E-state index in [1.165, 1.54) is 64.6 Å². The Kier molecular flexibility index (Phi) is 3.21. The third-order valence-corrected chi connectivity index (χ3v) is 7.37. The van der Waals surface area contributed by atoms with Gasteiger partial charge in [-0.05, 0) is 52.4 Å². The summed E-state index contributed by atoms with van der Waals surface area (Å²) in [5.74, 6) is 0. The first-order valence-corrected chi connectivity index (χ1v) is 11.0. The molecule has 2 heteroatoms. The normalized spacial score (nSPS) is 12.3. The van der Waals surface area contributed by atoms with Gasteiger partial charge in [-0.15, -0.1) is 11.3 Å². The van der Waals surface area contributed by atoms with Crippen molar-refractivity contribution in [2.75, 3.05) is 5.32 Å². The van der Waals surface area contributed by atoms with E-state index in [0.29, 0.717) is 0 Å². The molecule has 30 heavy (non-hydrogen) atoms. The Morgan fingerprint density at radius 1 is 0.500 bits per heavy atom. The maximum absolute atomic E-state index is 3.63. The third-order valence-electron chi connectivity index (χ3n) is 6.21. The number of anilines is 2. The van der Waals surface area contributed by atoms with E-state index in [9.17, 15) is 0 Å². The van der Waals surface area contributed by atoms with Crippen LogP contribution in [0.25, 0.3) is 53.2 Å². The fraction of sp³-hybridized carbons (Fsp3) is 0. The van der Waals surface area contributed by atoms with Crippen molar-refractivity contribution in [2.24, 2.45) is 0 Å². The summed E-state index contributed by atoms with van der Waals surface area (Å²) < 4.78 is 2.70. The third kappa shape index (κ3) is 2.17. The van der Waals surface area contributed by atoms with E-state index in [-0.39, 0.29) is 0 Å². The van der Waals surface area contributed by atoms with Crippen molar-refractivity contribution in [3.63, 3.8) is 0 Å². The predicted molar refractivity (Wildman–Crippen MR) is 131 cm³/mol. The van der Waals surface area contributed by atoms with E-state index in [4.69, 9.17) is 0 Å². The first-order chi connectivity index (χ1) is 14.9. The molecular formula is C28H17NS. The zero-order valence-corrected chi connectivity index (χ0v) is 17.0. The molecule has 0 atom stereocenters. The second kappa shape index (κ2) is 5.94. The molecule has 0 unspecified atom stereocenters. The molecule has 5 aromatic carbocycles. The lowest BCUT2D eigenvalue weighted by molar-refractivity contribution is 1.53. The lowest BCUT2D eigenvalue weighted by Crippen LogP contribution is -2.01. The van der Waals surface area contributed by atoms with E-state index >= 15 is 0 Å². The molecule has 0 bridgehead atoms. The standard InChI is InChI=1S/C28H17NS/c1-3-9-24-19(6-1)22-14-13-18(21-8-5-10-25(29-24)28(21)22)17-12-15-27-23(16-17)20-7-2-4-11-26(20)30-27/h1-16,29H. The zero-order valence-electron chi connectivity index (χ0n) is 16.1. The van der Waals surface area contributed by atoms with Gasteiger partial charge in [0.05, 0.1) is 0 Å². The Morgan fingerprint density at radius 3 is 2.27 bits per heavy atom. The van der Waals surface area contributed by atoms with Gasteiger partial charge in [0.2, 0.25) is 0 Å². The van der Waals surface area contributed by atoms with Crippen molar-refractivity contribution in [3.8, 4) is 22.3 Å². The van der Waals surface area contributed by atoms with Gasteiger partial charge in [-0.3, -0.25) is 0 Å². The average molecular weight is 400 g/mol. The second-order valence-corrected chi connectivity index (χ2v) is 8.95. The maximum atomic E-state index is 3.63. The van der Waals surface area contributed by atoms with Crippen LogP contribution < -0.4 is 5.32 Å². The van der Waals surface area contributed by atoms with E-state index in [2.05, 4.69) is 102 Å². The van der Waals surface area contributed by atoms with Crippen molar-refractivity contribution < 1.29 is 0 Å². The van der Waals surface area contributed by atoms with Crippen molar-refractivity contribution >= 4 is 53.7 Å². The molecule has 2 heterocycles. The number of fused-ring (bicyclic) bond motifs is 5. The lowest BCUT2D eigenvalue weighted by atomic mass is 9.88. The fourth-order valence-corrected chi connectivity index (χ4v) is 5.94. The summed E-state index contributed by atoms with van der Waals surface area (Å²) in [6.45, 7) is 0. The number of nitrogens with one attached hydrogen (secondary N) is 1. The van der Waals surface area contributed by atoms with Gasteiger partial charge in [-0.25, -0.2) is 0 Å². The monoisotopic (exact) mass is 399 g/mol. The molecule has 0 fully saturated rings. The minimum Gasteiger partial charge on any atom is -0.354 e. The van der Waals surface area contributed by atoms with Crippen LogP contribution in [0, 0.1) is 0 Å². The topological polar surface area (TPSA) is 12.0 Å². The minimum atomic E-state index is 1.18. The molecular weight excluding hydrogens is 382 g/mol. The van der Waals surface area contributed by atoms with Gasteiger partial charge in [-0.2, -0.15) is 0 Å². The summed E-state index contributed by atoms with van der Waals surface area (Å²) in [7, 11) is 0. The molecule has 6 aromatic rings. The van der Waals surface area contributed by atoms with Crippen LogP contribution in [0.3, 0.4) is 0 Å². The molecule has 7 rings (SSSR count). The van der Waals surface area contributed by atoms with Crippen molar-refractivity contribution in [1.29, 1.82) is 0 Å². The van der Waals surface area contributed by atoms with Crippen LogP contribution in [0.2, 0.25) is 0 Å². The lowest BCUT2D eigenvalue weighted by Gasteiger charge is -2.23. The number of thiophene rings is 1. The molecule has 1 aliphatic heterocycles. The molecule has 1 N–H and O–H groups in total. The van der Waals surface area contributed by atoms with Crippen molar-refractivity contribution in [3.05, 3.63) is 97.1 Å². The molecule has 0 spiro atoms. The predicted octanol–water partition coefficient (Wildman–Crippen LogP) is 8.60. The average Bonchev–Trinajstić information content (AvgIpc) is 3.17. The highest BCUT2D eigenvalue weighted by molar-refractivity contribution is 7.25. The molecule has 0 amide bonds. The van der Waals surface area contributed by atoms with Crippen LogP contribution >= 0.6 is 11.3 Å². The summed E-state index contributed by atoms with van der Waals surface area (Å²) in [6.07, 6.45) is 0. The Balaban J connectivity index is 1.53. The first kappa shape index (κ1) is 16.2. The molecule has 0 saturated carbocycles. The highest BCUT2D eigenvalue weighted by Crippen LogP contribution is 2.46. The number of hydrogen-bond donors (Lipinski definition) is 1. The highest BCUT2D eigenvalue weighted by atomic mass is 32.1. The van der Waals surface area contributed by atoms with Gasteiger partial charge in [0.1, 0.15) is 0 Å². The molecule has 0 saturated heterocycles. The van der Waals surface area contributed by atoms with Crippen LogP contribution in [-0.2, 0) is 0 Å². The molecule has 1 nitrogen and oxygen atoms in total. The summed E-state index contributed by atoms with van der Waals surface area (Å²) in [5.41, 5.74) is 7.50. The molecule has 140 valence electrons. The summed E-state index contributed by atoms with van der Waals surface area (Å²) in [4.78, 5) is 0. The Bertz CT molecular complexity index is 1620. The van der Waals surface area contributed by atoms with Crippen LogP contribution in [0.1, 0.15) is 0 Å². The SMILES string of the molecule is c1ccc2c(c1)Nc1cccc3c(-c4ccc5sc6ccccc6c5c4)ccc-2c13. The summed E-state index contributed by atoms with van der Waals surface area (Å²) in [5, 5.41) is 8.93. The largest absolute Gasteiger partial charge is 0.354 e. The fourth-order valence-electron chi connectivity index (χ4n) is 4.85. The van der Waals surface area contributed by atoms with Gasteiger partial charge >= 0.3 is 0 Å². The Labute approximate surface area is 178 Å². The van der Waals surface area contributed by atoms with Crippen LogP contribution in [0.4, 0.5) is 11.4 Å². The van der Waals surface area contributed by atoms with Gasteiger partial charge < -0.3 is 5.32 Å². The van der Waals surface area contributed by atoms with E-state index in [0.717, 1.165) is 0 Å². The zero-order chi connectivity index (χ0) is 19.7. The number of benzene rings is 5.